The van der Waals surface area contributed by atoms with Gasteiger partial charge in [0.1, 0.15) is 0 Å². The predicted octanol–water partition coefficient (Wildman–Crippen LogP) is 1.68. The molecular weight excluding hydrogens is 182 g/mol. The summed E-state index contributed by atoms with van der Waals surface area (Å²) in [6.07, 6.45) is 1.60. The molecule has 1 aliphatic carbocycles. The number of hydrogen-bond acceptors (Lipinski definition) is 2. The molecule has 0 aromatic heterocycles. The molecule has 0 atom stereocenters. The maximum Gasteiger partial charge on any atom is 0.408 e. The molecule has 1 saturated carbocycles. The van der Waals surface area contributed by atoms with Crippen molar-refractivity contribution in [1.29, 1.82) is 0 Å². The minimum Gasteiger partial charge on any atom is -0.465 e. The van der Waals surface area contributed by atoms with Gasteiger partial charge in [-0.3, -0.25) is 4.90 Å². The van der Waals surface area contributed by atoms with Gasteiger partial charge < -0.3 is 10.2 Å². The van der Waals surface area contributed by atoms with E-state index in [1.54, 1.807) is 0 Å². The maximum atomic E-state index is 11.2. The highest BCUT2D eigenvalue weighted by Crippen LogP contribution is 2.41. The van der Waals surface area contributed by atoms with E-state index in [1.165, 1.54) is 4.90 Å². The number of carboxylic acid groups (broad SMARTS) is 1. The van der Waals surface area contributed by atoms with Gasteiger partial charge in [0.2, 0.25) is 0 Å². The van der Waals surface area contributed by atoms with Crippen LogP contribution in [0.15, 0.2) is 0 Å². The second-order valence-corrected chi connectivity index (χ2v) is 5.02. The van der Waals surface area contributed by atoms with Gasteiger partial charge in [-0.1, -0.05) is 0 Å². The summed E-state index contributed by atoms with van der Waals surface area (Å²) in [6.45, 7) is 5.50. The molecule has 0 aromatic carbocycles. The van der Waals surface area contributed by atoms with E-state index in [2.05, 4.69) is 0 Å². The van der Waals surface area contributed by atoms with Gasteiger partial charge in [0.05, 0.1) is 12.1 Å². The molecule has 0 radical (unpaired) electrons. The third-order valence-corrected chi connectivity index (χ3v) is 2.92. The van der Waals surface area contributed by atoms with Crippen LogP contribution in [0.5, 0.6) is 0 Å². The van der Waals surface area contributed by atoms with Crippen LogP contribution in [0.4, 0.5) is 4.79 Å². The zero-order chi connectivity index (χ0) is 11.0. The monoisotopic (exact) mass is 201 g/mol. The summed E-state index contributed by atoms with van der Waals surface area (Å²) >= 11 is 0. The smallest absolute Gasteiger partial charge is 0.408 e. The normalized spacial score (nSPS) is 20.0. The van der Waals surface area contributed by atoms with Gasteiger partial charge >= 0.3 is 6.09 Å². The van der Waals surface area contributed by atoms with Crippen LogP contribution in [0.3, 0.4) is 0 Å². The van der Waals surface area contributed by atoms with E-state index in [9.17, 15) is 9.90 Å². The van der Waals surface area contributed by atoms with Crippen molar-refractivity contribution in [3.8, 4) is 0 Å². The first-order valence-corrected chi connectivity index (χ1v) is 4.98. The number of nitrogens with zero attached hydrogens (tertiary/aromatic N) is 1. The van der Waals surface area contributed by atoms with E-state index >= 15 is 0 Å². The molecule has 0 heterocycles. The number of carbonyl (C=O) groups is 1. The third kappa shape index (κ3) is 1.71. The fraction of sp³-hybridized carbons (Fsp3) is 0.900. The predicted molar refractivity (Wildman–Crippen MR) is 53.3 cm³/mol. The van der Waals surface area contributed by atoms with Crippen LogP contribution in [0, 0.1) is 0 Å². The molecule has 0 aliphatic heterocycles. The molecule has 2 N–H and O–H groups in total. The lowest BCUT2D eigenvalue weighted by Gasteiger charge is -2.53. The molecule has 82 valence electrons. The maximum absolute atomic E-state index is 11.2. The summed E-state index contributed by atoms with van der Waals surface area (Å²) in [6, 6.07) is 0. The van der Waals surface area contributed by atoms with Gasteiger partial charge in [-0.15, -0.1) is 0 Å². The van der Waals surface area contributed by atoms with Crippen LogP contribution in [-0.2, 0) is 0 Å². The summed E-state index contributed by atoms with van der Waals surface area (Å²) in [7, 11) is 0. The Morgan fingerprint density at radius 1 is 1.43 bits per heavy atom. The molecule has 1 aliphatic rings. The highest BCUT2D eigenvalue weighted by Gasteiger charge is 2.48. The lowest BCUT2D eigenvalue weighted by Crippen LogP contribution is -2.64. The molecule has 1 rings (SSSR count). The average molecular weight is 201 g/mol. The Bertz CT molecular complexity index is 223. The molecule has 0 bridgehead atoms. The first-order valence-electron chi connectivity index (χ1n) is 4.98. The van der Waals surface area contributed by atoms with Crippen LogP contribution in [0.2, 0.25) is 0 Å². The van der Waals surface area contributed by atoms with Crippen LogP contribution >= 0.6 is 0 Å². The van der Waals surface area contributed by atoms with Gasteiger partial charge in [0.15, 0.2) is 0 Å². The Morgan fingerprint density at radius 3 is 2.00 bits per heavy atom. The standard InChI is InChI=1S/C10H19NO3/c1-9(2,3)11(8(13)14)10(7-12)5-4-6-10/h12H,4-7H2,1-3H3,(H,13,14). The fourth-order valence-electron chi connectivity index (χ4n) is 2.24. The molecule has 1 fully saturated rings. The summed E-state index contributed by atoms with van der Waals surface area (Å²) < 4.78 is 0. The molecule has 1 amide bonds. The molecule has 4 nitrogen and oxygen atoms in total. The van der Waals surface area contributed by atoms with Gasteiger partial charge in [-0.25, -0.2) is 4.79 Å². The molecule has 0 aromatic rings. The van der Waals surface area contributed by atoms with Crippen LogP contribution < -0.4 is 0 Å². The first kappa shape index (κ1) is 11.3. The van der Waals surface area contributed by atoms with E-state index in [1.807, 2.05) is 20.8 Å². The van der Waals surface area contributed by atoms with Crippen LogP contribution in [0.25, 0.3) is 0 Å². The van der Waals surface area contributed by atoms with E-state index in [0.717, 1.165) is 19.3 Å². The summed E-state index contributed by atoms with van der Waals surface area (Å²) in [5.74, 6) is 0. The first-order chi connectivity index (χ1) is 6.33. The minimum absolute atomic E-state index is 0.0728. The number of aliphatic hydroxyl groups excluding tert-OH is 1. The number of rotatable bonds is 2. The Labute approximate surface area is 84.5 Å². The average Bonchev–Trinajstić information content (AvgIpc) is 1.92. The quantitative estimate of drug-likeness (QED) is 0.714. The van der Waals surface area contributed by atoms with Crippen molar-refractivity contribution in [3.63, 3.8) is 0 Å². The zero-order valence-electron chi connectivity index (χ0n) is 9.08. The lowest BCUT2D eigenvalue weighted by atomic mass is 9.74. The number of hydrogen-bond donors (Lipinski definition) is 2. The minimum atomic E-state index is -0.939. The highest BCUT2D eigenvalue weighted by atomic mass is 16.4. The van der Waals surface area contributed by atoms with Crippen molar-refractivity contribution in [2.24, 2.45) is 0 Å². The largest absolute Gasteiger partial charge is 0.465 e. The third-order valence-electron chi connectivity index (χ3n) is 2.92. The van der Waals surface area contributed by atoms with E-state index in [0.29, 0.717) is 0 Å². The fourth-order valence-corrected chi connectivity index (χ4v) is 2.24. The molecule has 0 saturated heterocycles. The number of amides is 1. The molecule has 4 heteroatoms. The van der Waals surface area contributed by atoms with Crippen molar-refractivity contribution in [1.82, 2.24) is 4.90 Å². The topological polar surface area (TPSA) is 60.8 Å². The number of aliphatic hydroxyl groups is 1. The van der Waals surface area contributed by atoms with Gasteiger partial charge in [-0.05, 0) is 40.0 Å². The molecule has 14 heavy (non-hydrogen) atoms. The van der Waals surface area contributed by atoms with Crippen LogP contribution in [0.1, 0.15) is 40.0 Å². The molecule has 0 spiro atoms. The van der Waals surface area contributed by atoms with Crippen molar-refractivity contribution >= 4 is 6.09 Å². The Morgan fingerprint density at radius 2 is 1.93 bits per heavy atom. The highest BCUT2D eigenvalue weighted by molar-refractivity contribution is 5.67. The lowest BCUT2D eigenvalue weighted by molar-refractivity contribution is -0.0591. The Hall–Kier alpha value is -0.770. The zero-order valence-corrected chi connectivity index (χ0v) is 9.08. The Balaban J connectivity index is 2.93. The van der Waals surface area contributed by atoms with Crippen molar-refractivity contribution in [2.75, 3.05) is 6.61 Å². The second-order valence-electron chi connectivity index (χ2n) is 5.02. The van der Waals surface area contributed by atoms with Gasteiger partial charge in [-0.2, -0.15) is 0 Å². The van der Waals surface area contributed by atoms with Gasteiger partial charge in [0, 0.05) is 5.54 Å². The summed E-state index contributed by atoms with van der Waals surface area (Å²) in [4.78, 5) is 12.6. The van der Waals surface area contributed by atoms with Crippen LogP contribution in [-0.4, -0.2) is 38.9 Å². The van der Waals surface area contributed by atoms with E-state index in [-0.39, 0.29) is 6.61 Å². The van der Waals surface area contributed by atoms with Gasteiger partial charge in [0.25, 0.3) is 0 Å². The van der Waals surface area contributed by atoms with Crippen molar-refractivity contribution in [3.05, 3.63) is 0 Å². The summed E-state index contributed by atoms with van der Waals surface area (Å²) in [5.41, 5.74) is -0.973. The molecule has 0 unspecified atom stereocenters. The Kier molecular flexibility index (Phi) is 2.76. The molecular formula is C10H19NO3. The van der Waals surface area contributed by atoms with Crippen molar-refractivity contribution in [2.45, 2.75) is 51.1 Å². The SMILES string of the molecule is CC(C)(C)N(C(=O)O)C1(CO)CCC1. The van der Waals surface area contributed by atoms with Crippen molar-refractivity contribution < 1.29 is 15.0 Å². The van der Waals surface area contributed by atoms with E-state index in [4.69, 9.17) is 5.11 Å². The second kappa shape index (κ2) is 3.42. The van der Waals surface area contributed by atoms with E-state index < -0.39 is 17.2 Å². The summed E-state index contributed by atoms with van der Waals surface area (Å²) in [5, 5.41) is 18.5.